The van der Waals surface area contributed by atoms with Crippen molar-refractivity contribution in [2.75, 3.05) is 5.32 Å². The van der Waals surface area contributed by atoms with E-state index in [1.807, 2.05) is 25.4 Å². The van der Waals surface area contributed by atoms with E-state index in [9.17, 15) is 4.79 Å². The summed E-state index contributed by atoms with van der Waals surface area (Å²) in [6.45, 7) is 3.86. The molecule has 6 nitrogen and oxygen atoms in total. The van der Waals surface area contributed by atoms with Gasteiger partial charge in [-0.1, -0.05) is 19.9 Å². The molecule has 0 spiro atoms. The Morgan fingerprint density at radius 1 is 1.19 bits per heavy atom. The summed E-state index contributed by atoms with van der Waals surface area (Å²) in [5.74, 6) is 0.958. The molecule has 1 aliphatic carbocycles. The highest BCUT2D eigenvalue weighted by Gasteiger charge is 2.20. The maximum atomic E-state index is 12.0. The number of hydrogen-bond acceptors (Lipinski definition) is 7. The van der Waals surface area contributed by atoms with Crippen LogP contribution in [0.15, 0.2) is 42.2 Å². The van der Waals surface area contributed by atoms with Crippen molar-refractivity contribution in [2.45, 2.75) is 39.2 Å². The lowest BCUT2D eigenvalue weighted by atomic mass is 9.94. The Balaban J connectivity index is 1.37. The molecular formula is C23H23N5OS2. The average Bonchev–Trinajstić information content (AvgIpc) is 3.41. The monoisotopic (exact) mass is 449 g/mol. The molecular weight excluding hydrogens is 426 g/mol. The van der Waals surface area contributed by atoms with Gasteiger partial charge in [0.2, 0.25) is 5.91 Å². The Morgan fingerprint density at radius 2 is 2.10 bits per heavy atom. The van der Waals surface area contributed by atoms with E-state index in [-0.39, 0.29) is 17.9 Å². The Bertz CT molecular complexity index is 1290. The molecule has 3 heterocycles. The number of nitrogens with one attached hydrogen (secondary N) is 2. The van der Waals surface area contributed by atoms with Gasteiger partial charge in [-0.25, -0.2) is 15.0 Å². The fraction of sp³-hybridized carbons (Fsp3) is 0.304. The highest BCUT2D eigenvalue weighted by molar-refractivity contribution is 7.19. The van der Waals surface area contributed by atoms with Gasteiger partial charge in [-0.2, -0.15) is 0 Å². The predicted octanol–water partition coefficient (Wildman–Crippen LogP) is 5.75. The Morgan fingerprint density at radius 3 is 2.90 bits per heavy atom. The van der Waals surface area contributed by atoms with Gasteiger partial charge in [-0.15, -0.1) is 22.7 Å². The third kappa shape index (κ3) is 4.18. The van der Waals surface area contributed by atoms with Crippen LogP contribution in [-0.2, 0) is 4.79 Å². The Kier molecular flexibility index (Phi) is 5.41. The zero-order valence-electron chi connectivity index (χ0n) is 17.4. The average molecular weight is 450 g/mol. The second-order valence-electron chi connectivity index (χ2n) is 8.08. The van der Waals surface area contributed by atoms with Crippen LogP contribution in [0, 0.1) is 5.92 Å². The molecule has 0 radical (unpaired) electrons. The summed E-state index contributed by atoms with van der Waals surface area (Å²) in [6.07, 6.45) is 6.65. The van der Waals surface area contributed by atoms with Crippen molar-refractivity contribution in [2.24, 2.45) is 5.92 Å². The molecule has 0 saturated heterocycles. The number of benzene rings is 1. The number of aromatic nitrogens is 3. The fourth-order valence-electron chi connectivity index (χ4n) is 3.74. The van der Waals surface area contributed by atoms with E-state index in [0.717, 1.165) is 46.5 Å². The van der Waals surface area contributed by atoms with Gasteiger partial charge >= 0.3 is 0 Å². The highest BCUT2D eigenvalue weighted by Crippen LogP contribution is 2.37. The first-order valence-electron chi connectivity index (χ1n) is 10.4. The molecule has 0 aliphatic heterocycles. The third-order valence-electron chi connectivity index (χ3n) is 5.52. The zero-order valence-corrected chi connectivity index (χ0v) is 19.0. The van der Waals surface area contributed by atoms with Crippen LogP contribution in [0.1, 0.15) is 38.0 Å². The molecule has 8 heteroatoms. The molecule has 31 heavy (non-hydrogen) atoms. The number of carbonyl (C=O) groups excluding carboxylic acids is 1. The minimum atomic E-state index is 0.0219. The van der Waals surface area contributed by atoms with Crippen LogP contribution in [0.2, 0.25) is 0 Å². The smallest absolute Gasteiger partial charge is 0.222 e. The highest BCUT2D eigenvalue weighted by atomic mass is 32.1. The normalized spacial score (nSPS) is 16.6. The summed E-state index contributed by atoms with van der Waals surface area (Å²) in [7, 11) is 0. The van der Waals surface area contributed by atoms with Crippen LogP contribution in [-0.4, -0.2) is 26.9 Å². The minimum Gasteiger partial charge on any atom is -0.353 e. The molecule has 1 aromatic carbocycles. The molecule has 0 fully saturated rings. The second-order valence-corrected chi connectivity index (χ2v) is 9.99. The van der Waals surface area contributed by atoms with E-state index in [2.05, 4.69) is 49.9 Å². The first kappa shape index (κ1) is 20.1. The van der Waals surface area contributed by atoms with Crippen molar-refractivity contribution in [3.63, 3.8) is 0 Å². The summed E-state index contributed by atoms with van der Waals surface area (Å²) >= 11 is 3.33. The molecule has 0 saturated carbocycles. The lowest BCUT2D eigenvalue weighted by molar-refractivity contribution is -0.124. The summed E-state index contributed by atoms with van der Waals surface area (Å²) in [6, 6.07) is 8.58. The van der Waals surface area contributed by atoms with Crippen molar-refractivity contribution in [3.8, 4) is 0 Å². The van der Waals surface area contributed by atoms with Crippen LogP contribution >= 0.6 is 22.7 Å². The van der Waals surface area contributed by atoms with Crippen LogP contribution in [0.3, 0.4) is 0 Å². The Hall–Kier alpha value is -2.84. The largest absolute Gasteiger partial charge is 0.353 e. The molecule has 1 atom stereocenters. The van der Waals surface area contributed by atoms with Crippen molar-refractivity contribution in [1.82, 2.24) is 20.3 Å². The molecule has 3 aromatic heterocycles. The zero-order chi connectivity index (χ0) is 21.4. The van der Waals surface area contributed by atoms with Gasteiger partial charge in [0, 0.05) is 22.5 Å². The van der Waals surface area contributed by atoms with Crippen molar-refractivity contribution >= 4 is 66.1 Å². The van der Waals surface area contributed by atoms with E-state index in [1.54, 1.807) is 29.0 Å². The topological polar surface area (TPSA) is 79.8 Å². The maximum absolute atomic E-state index is 12.0. The molecule has 1 unspecified atom stereocenters. The number of carbonyl (C=O) groups is 1. The van der Waals surface area contributed by atoms with Gasteiger partial charge in [0.25, 0.3) is 0 Å². The maximum Gasteiger partial charge on any atom is 0.222 e. The van der Waals surface area contributed by atoms with Crippen LogP contribution in [0.5, 0.6) is 0 Å². The van der Waals surface area contributed by atoms with E-state index < -0.39 is 0 Å². The van der Waals surface area contributed by atoms with Gasteiger partial charge in [0.15, 0.2) is 0 Å². The number of amides is 1. The molecule has 1 amide bonds. The van der Waals surface area contributed by atoms with Crippen LogP contribution < -0.4 is 10.6 Å². The molecule has 1 aliphatic rings. The van der Waals surface area contributed by atoms with Crippen molar-refractivity contribution < 1.29 is 4.79 Å². The van der Waals surface area contributed by atoms with Gasteiger partial charge in [-0.3, -0.25) is 4.79 Å². The van der Waals surface area contributed by atoms with E-state index >= 15 is 0 Å². The number of hydrogen-bond donors (Lipinski definition) is 2. The number of rotatable bonds is 5. The van der Waals surface area contributed by atoms with E-state index in [1.165, 1.54) is 15.2 Å². The van der Waals surface area contributed by atoms with Gasteiger partial charge in [-0.05, 0) is 49.1 Å². The number of thiophene rings is 1. The number of fused-ring (bicyclic) bond motifs is 2. The first-order chi connectivity index (χ1) is 15.1. The SMILES string of the molecule is CC(C)C(=O)NC1CC=C(c2cc3c(Nc4ccc5scnc5c4)ncnc3s2)CC1. The summed E-state index contributed by atoms with van der Waals surface area (Å²) < 4.78 is 1.17. The van der Waals surface area contributed by atoms with Gasteiger partial charge < -0.3 is 10.6 Å². The summed E-state index contributed by atoms with van der Waals surface area (Å²) in [5, 5.41) is 7.61. The molecule has 158 valence electrons. The summed E-state index contributed by atoms with van der Waals surface area (Å²) in [5.41, 5.74) is 5.14. The second kappa shape index (κ2) is 8.36. The van der Waals surface area contributed by atoms with Gasteiger partial charge in [0.1, 0.15) is 17.0 Å². The third-order valence-corrected chi connectivity index (χ3v) is 7.45. The number of thiazole rings is 1. The predicted molar refractivity (Wildman–Crippen MR) is 129 cm³/mol. The summed E-state index contributed by atoms with van der Waals surface area (Å²) in [4.78, 5) is 27.5. The molecule has 2 N–H and O–H groups in total. The van der Waals surface area contributed by atoms with Crippen molar-refractivity contribution in [3.05, 3.63) is 47.1 Å². The quantitative estimate of drug-likeness (QED) is 0.405. The standard InChI is InChI=1S/C23H23N5OS2/c1-13(2)22(29)28-15-5-3-14(4-6-15)20-10-17-21(24-11-25-23(17)31-20)27-16-7-8-19-18(9-16)26-12-30-19/h3,7-13,15H,4-6H2,1-2H3,(H,28,29)(H,24,25,27). The van der Waals surface area contributed by atoms with E-state index in [4.69, 9.17) is 0 Å². The number of allylic oxidation sites excluding steroid dienone is 1. The lowest BCUT2D eigenvalue weighted by Gasteiger charge is -2.23. The molecule has 5 rings (SSSR count). The van der Waals surface area contributed by atoms with Crippen molar-refractivity contribution in [1.29, 1.82) is 0 Å². The first-order valence-corrected chi connectivity index (χ1v) is 12.1. The molecule has 4 aromatic rings. The molecule has 0 bridgehead atoms. The number of nitrogens with zero attached hydrogens (tertiary/aromatic N) is 3. The van der Waals surface area contributed by atoms with Crippen LogP contribution in [0.25, 0.3) is 26.0 Å². The Labute approximate surface area is 188 Å². The van der Waals surface area contributed by atoms with Gasteiger partial charge in [0.05, 0.1) is 21.1 Å². The fourth-order valence-corrected chi connectivity index (χ4v) is 5.47. The van der Waals surface area contributed by atoms with Crippen LogP contribution in [0.4, 0.5) is 11.5 Å². The minimum absolute atomic E-state index is 0.0219. The lowest BCUT2D eigenvalue weighted by Crippen LogP contribution is -2.38. The van der Waals surface area contributed by atoms with E-state index in [0.29, 0.717) is 0 Å². The number of anilines is 2.